The summed E-state index contributed by atoms with van der Waals surface area (Å²) in [6.07, 6.45) is 0. The van der Waals surface area contributed by atoms with Crippen molar-refractivity contribution in [1.82, 2.24) is 14.6 Å². The molecule has 0 bridgehead atoms. The number of hydrogen-bond donors (Lipinski definition) is 2. The average molecular weight is 537 g/mol. The summed E-state index contributed by atoms with van der Waals surface area (Å²) < 4.78 is 1.51. The lowest BCUT2D eigenvalue weighted by atomic mass is 9.98. The van der Waals surface area contributed by atoms with E-state index < -0.39 is 17.6 Å². The van der Waals surface area contributed by atoms with Crippen LogP contribution in [-0.4, -0.2) is 20.6 Å². The zero-order valence-corrected chi connectivity index (χ0v) is 21.1. The highest BCUT2D eigenvalue weighted by atomic mass is 35.5. The molecule has 11 heteroatoms. The van der Waals surface area contributed by atoms with Crippen LogP contribution in [0.3, 0.4) is 0 Å². The minimum Gasteiger partial charge on any atom is -0.318 e. The fraction of sp³-hybridized carbons (Fsp3) is 0.0800. The van der Waals surface area contributed by atoms with Crippen molar-refractivity contribution in [2.75, 3.05) is 5.32 Å². The van der Waals surface area contributed by atoms with Crippen LogP contribution < -0.4 is 10.9 Å². The van der Waals surface area contributed by atoms with E-state index in [1.165, 1.54) is 4.57 Å². The molecule has 0 spiro atoms. The van der Waals surface area contributed by atoms with Crippen LogP contribution in [0.15, 0.2) is 87.9 Å². The smallest absolute Gasteiger partial charge is 0.318 e. The van der Waals surface area contributed by atoms with Crippen molar-refractivity contribution in [1.29, 1.82) is 0 Å². The van der Waals surface area contributed by atoms with E-state index in [2.05, 4.69) is 20.6 Å². The number of nitrogens with zero attached hydrogens (tertiary/aromatic N) is 4. The fourth-order valence-corrected chi connectivity index (χ4v) is 4.57. The van der Waals surface area contributed by atoms with Gasteiger partial charge in [0.1, 0.15) is 11.9 Å². The van der Waals surface area contributed by atoms with Gasteiger partial charge in [0.15, 0.2) is 4.77 Å². The van der Waals surface area contributed by atoms with E-state index in [0.717, 1.165) is 10.6 Å². The number of hydrogen-bond acceptors (Lipinski definition) is 5. The minimum atomic E-state index is -0.977. The second-order valence-electron chi connectivity index (χ2n) is 8.06. The Labute approximate surface area is 220 Å². The van der Waals surface area contributed by atoms with E-state index in [4.69, 9.17) is 35.4 Å². The van der Waals surface area contributed by atoms with Crippen molar-refractivity contribution in [3.8, 4) is 5.69 Å². The number of nitrogens with one attached hydrogen (secondary N) is 2. The third-order valence-electron chi connectivity index (χ3n) is 5.67. The van der Waals surface area contributed by atoms with Gasteiger partial charge < -0.3 is 4.98 Å². The maximum atomic E-state index is 13.9. The predicted molar refractivity (Wildman–Crippen MR) is 142 cm³/mol. The summed E-state index contributed by atoms with van der Waals surface area (Å²) >= 11 is 18.0. The molecule has 1 unspecified atom stereocenters. The Balaban J connectivity index is 1.72. The molecule has 3 aromatic carbocycles. The third kappa shape index (κ3) is 4.44. The summed E-state index contributed by atoms with van der Waals surface area (Å²) in [7, 11) is 0. The summed E-state index contributed by atoms with van der Waals surface area (Å²) in [4.78, 5) is 30.1. The highest BCUT2D eigenvalue weighted by Crippen LogP contribution is 2.38. The fourth-order valence-electron chi connectivity index (χ4n) is 3.92. The summed E-state index contributed by atoms with van der Waals surface area (Å²) in [5.74, 6) is 0.182. The molecule has 5 rings (SSSR count). The largest absolute Gasteiger partial charge is 0.345 e. The maximum Gasteiger partial charge on any atom is 0.345 e. The molecule has 1 aliphatic rings. The normalized spacial score (nSPS) is 15.1. The molecule has 1 aromatic heterocycles. The molecular weight excluding hydrogens is 519 g/mol. The van der Waals surface area contributed by atoms with E-state index >= 15 is 0 Å². The zero-order valence-electron chi connectivity index (χ0n) is 18.8. The van der Waals surface area contributed by atoms with Gasteiger partial charge in [-0.2, -0.15) is 5.01 Å². The molecule has 1 atom stereocenters. The second kappa shape index (κ2) is 9.69. The first-order valence-corrected chi connectivity index (χ1v) is 12.0. The van der Waals surface area contributed by atoms with Gasteiger partial charge in [-0.3, -0.25) is 14.7 Å². The van der Waals surface area contributed by atoms with Crippen molar-refractivity contribution in [3.05, 3.63) is 115 Å². The van der Waals surface area contributed by atoms with E-state index in [1.807, 2.05) is 19.1 Å². The first-order valence-electron chi connectivity index (χ1n) is 10.8. The molecule has 0 radical (unpaired) electrons. The number of aromatic amines is 1. The highest BCUT2D eigenvalue weighted by Gasteiger charge is 2.39. The van der Waals surface area contributed by atoms with Crippen LogP contribution in [0.1, 0.15) is 22.7 Å². The van der Waals surface area contributed by atoms with Crippen LogP contribution in [0.5, 0.6) is 0 Å². The van der Waals surface area contributed by atoms with Crippen LogP contribution in [0.25, 0.3) is 5.69 Å². The standard InChI is InChI=1S/C25H18Cl2N6O2S/c1-14-6-12-17(13-7-14)32-23(34)20-21(18-4-2-3-5-19(18)27)33(24(35)28-22(20)29-25(32)36)31-30-16-10-8-15(26)9-11-16/h2-13,21H,1H3,(H,28,35)(H,29,36). The molecule has 2 N–H and O–H groups in total. The van der Waals surface area contributed by atoms with Crippen molar-refractivity contribution < 1.29 is 4.79 Å². The van der Waals surface area contributed by atoms with Crippen molar-refractivity contribution in [3.63, 3.8) is 0 Å². The molecule has 180 valence electrons. The Morgan fingerprint density at radius 2 is 1.64 bits per heavy atom. The van der Waals surface area contributed by atoms with Crippen LogP contribution >= 0.6 is 35.4 Å². The predicted octanol–water partition coefficient (Wildman–Crippen LogP) is 7.15. The lowest BCUT2D eigenvalue weighted by Gasteiger charge is -2.33. The Morgan fingerprint density at radius 1 is 0.944 bits per heavy atom. The number of amides is 2. The number of anilines is 1. The summed E-state index contributed by atoms with van der Waals surface area (Å²) in [6, 6.07) is 19.4. The lowest BCUT2D eigenvalue weighted by Crippen LogP contribution is -2.44. The molecule has 8 nitrogen and oxygen atoms in total. The van der Waals surface area contributed by atoms with E-state index in [0.29, 0.717) is 27.0 Å². The zero-order chi connectivity index (χ0) is 25.4. The molecule has 2 heterocycles. The van der Waals surface area contributed by atoms with Crippen LogP contribution in [0.2, 0.25) is 10.0 Å². The van der Waals surface area contributed by atoms with Gasteiger partial charge in [0, 0.05) is 15.6 Å². The van der Waals surface area contributed by atoms with Crippen molar-refractivity contribution in [2.45, 2.75) is 13.0 Å². The number of rotatable bonds is 4. The van der Waals surface area contributed by atoms with Crippen molar-refractivity contribution >= 4 is 53.0 Å². The monoisotopic (exact) mass is 536 g/mol. The number of aryl methyl sites for hydroxylation is 1. The molecule has 0 aliphatic carbocycles. The summed E-state index contributed by atoms with van der Waals surface area (Å²) in [6.45, 7) is 1.95. The molecule has 0 fully saturated rings. The number of H-pyrrole nitrogens is 1. The molecule has 1 aliphatic heterocycles. The quantitative estimate of drug-likeness (QED) is 0.214. The second-order valence-corrected chi connectivity index (χ2v) is 9.29. The Bertz CT molecular complexity index is 1610. The lowest BCUT2D eigenvalue weighted by molar-refractivity contribution is 0.192. The first-order chi connectivity index (χ1) is 17.3. The Hall–Kier alpha value is -3.79. The van der Waals surface area contributed by atoms with Gasteiger partial charge in [0.2, 0.25) is 0 Å². The molecule has 36 heavy (non-hydrogen) atoms. The van der Waals surface area contributed by atoms with Gasteiger partial charge in [0.05, 0.1) is 16.9 Å². The Kier molecular flexibility index (Phi) is 6.44. The van der Waals surface area contributed by atoms with Gasteiger partial charge in [-0.1, -0.05) is 64.3 Å². The first kappa shape index (κ1) is 23.9. The number of carbonyl (C=O) groups excluding carboxylic acids is 1. The SMILES string of the molecule is Cc1ccc(-n2c(=S)[nH]c3c(c2=O)C(c2ccccc2Cl)N(N=Nc2ccc(Cl)cc2)C(=O)N3)cc1. The summed E-state index contributed by atoms with van der Waals surface area (Å²) in [5.41, 5.74) is 2.39. The third-order valence-corrected chi connectivity index (χ3v) is 6.55. The molecular formula is C25H18Cl2N6O2S. The molecule has 0 saturated heterocycles. The van der Waals surface area contributed by atoms with Crippen molar-refractivity contribution in [2.24, 2.45) is 10.3 Å². The Morgan fingerprint density at radius 3 is 2.33 bits per heavy atom. The van der Waals surface area contributed by atoms with Crippen LogP contribution in [-0.2, 0) is 0 Å². The maximum absolute atomic E-state index is 13.9. The molecule has 4 aromatic rings. The molecule has 2 amide bonds. The van der Waals surface area contributed by atoms with Gasteiger partial charge in [-0.25, -0.2) is 4.79 Å². The number of urea groups is 1. The summed E-state index contributed by atoms with van der Waals surface area (Å²) in [5, 5.41) is 13.1. The van der Waals surface area contributed by atoms with E-state index in [1.54, 1.807) is 60.7 Å². The van der Waals surface area contributed by atoms with Gasteiger partial charge in [-0.05, 0) is 61.6 Å². The van der Waals surface area contributed by atoms with Gasteiger partial charge in [0.25, 0.3) is 5.56 Å². The molecule has 0 saturated carbocycles. The minimum absolute atomic E-state index is 0.136. The number of aromatic nitrogens is 2. The van der Waals surface area contributed by atoms with E-state index in [-0.39, 0.29) is 16.2 Å². The van der Waals surface area contributed by atoms with Gasteiger partial charge in [-0.15, -0.1) is 5.11 Å². The number of halogens is 2. The number of fused-ring (bicyclic) bond motifs is 1. The van der Waals surface area contributed by atoms with Crippen LogP contribution in [0.4, 0.5) is 16.3 Å². The number of carbonyl (C=O) groups is 1. The van der Waals surface area contributed by atoms with E-state index in [9.17, 15) is 9.59 Å². The average Bonchev–Trinajstić information content (AvgIpc) is 2.85. The van der Waals surface area contributed by atoms with Crippen LogP contribution in [0, 0.1) is 11.7 Å². The number of benzene rings is 3. The van der Waals surface area contributed by atoms with Gasteiger partial charge >= 0.3 is 6.03 Å². The highest BCUT2D eigenvalue weighted by molar-refractivity contribution is 7.71. The topological polar surface area (TPSA) is 94.8 Å².